The fraction of sp³-hybridized carbons (Fsp3) is 0.714. The van der Waals surface area contributed by atoms with Gasteiger partial charge >= 0.3 is 0 Å². The molecule has 0 saturated carbocycles. The van der Waals surface area contributed by atoms with E-state index in [9.17, 15) is 0 Å². The first-order valence-corrected chi connectivity index (χ1v) is 6.94. The molecule has 1 atom stereocenters. The van der Waals surface area contributed by atoms with E-state index in [1.54, 1.807) is 0 Å². The quantitative estimate of drug-likeness (QED) is 0.779. The molecular weight excluding hydrogens is 242 g/mol. The lowest BCUT2D eigenvalue weighted by atomic mass is 10.1. The highest BCUT2D eigenvalue weighted by Crippen LogP contribution is 2.18. The van der Waals surface area contributed by atoms with Crippen LogP contribution in [-0.4, -0.2) is 17.1 Å². The maximum absolute atomic E-state index is 8.89. The summed E-state index contributed by atoms with van der Waals surface area (Å²) in [5.74, 6) is 0.270. The van der Waals surface area contributed by atoms with E-state index in [0.717, 1.165) is 19.9 Å². The Labute approximate surface area is 115 Å². The van der Waals surface area contributed by atoms with Gasteiger partial charge in [-0.15, -0.1) is 0 Å². The number of hydrogen-bond donors (Lipinski definition) is 1. The van der Waals surface area contributed by atoms with Crippen molar-refractivity contribution >= 4 is 5.97 Å². The first-order valence-electron chi connectivity index (χ1n) is 6.94. The van der Waals surface area contributed by atoms with Crippen molar-refractivity contribution in [3.8, 4) is 0 Å². The predicted octanol–water partition coefficient (Wildman–Crippen LogP) is 0.212. The molecule has 0 spiro atoms. The average Bonchev–Trinajstić information content (AvgIpc) is 2.66. The van der Waals surface area contributed by atoms with Crippen molar-refractivity contribution in [2.24, 2.45) is 7.05 Å². The van der Waals surface area contributed by atoms with Crippen LogP contribution in [0.2, 0.25) is 0 Å². The number of carbonyl (C=O) groups excluding carboxylic acids is 1. The van der Waals surface area contributed by atoms with Gasteiger partial charge in [0.15, 0.2) is 6.17 Å². The molecule has 1 aliphatic rings. The smallest absolute Gasteiger partial charge is 0.254 e. The van der Waals surface area contributed by atoms with E-state index in [2.05, 4.69) is 41.5 Å². The lowest BCUT2D eigenvalue weighted by Crippen LogP contribution is -2.37. The van der Waals surface area contributed by atoms with Crippen LogP contribution >= 0.6 is 0 Å². The van der Waals surface area contributed by atoms with Crippen molar-refractivity contribution in [2.45, 2.75) is 52.6 Å². The van der Waals surface area contributed by atoms with E-state index in [4.69, 9.17) is 9.90 Å². The second-order valence-electron chi connectivity index (χ2n) is 4.94. The van der Waals surface area contributed by atoms with Crippen LogP contribution in [0.4, 0.5) is 0 Å². The van der Waals surface area contributed by atoms with Crippen LogP contribution in [0.15, 0.2) is 6.20 Å². The lowest BCUT2D eigenvalue weighted by Gasteiger charge is -2.21. The van der Waals surface area contributed by atoms with Crippen molar-refractivity contribution in [1.29, 1.82) is 0 Å². The third kappa shape index (κ3) is 4.35. The van der Waals surface area contributed by atoms with Crippen molar-refractivity contribution in [2.75, 3.05) is 6.54 Å². The molecule has 108 valence electrons. The number of imidazole rings is 1. The molecule has 0 radical (unpaired) electrons. The second kappa shape index (κ2) is 7.28. The summed E-state index contributed by atoms with van der Waals surface area (Å²) in [5.41, 5.74) is 1.42. The molecule has 5 nitrogen and oxygen atoms in total. The number of carboxylic acid groups (broad SMARTS) is 1. The largest absolute Gasteiger partial charge is 0.550 e. The fourth-order valence-corrected chi connectivity index (χ4v) is 2.44. The Bertz CT molecular complexity index is 417. The summed E-state index contributed by atoms with van der Waals surface area (Å²) >= 11 is 0. The number of piperidine rings is 1. The molecule has 2 rings (SSSR count). The Hall–Kier alpha value is -1.36. The summed E-state index contributed by atoms with van der Waals surface area (Å²) in [4.78, 5) is 8.89. The van der Waals surface area contributed by atoms with Gasteiger partial charge in [0, 0.05) is 25.7 Å². The zero-order valence-corrected chi connectivity index (χ0v) is 12.4. The molecule has 2 heterocycles. The lowest BCUT2D eigenvalue weighted by molar-refractivity contribution is -0.684. The number of rotatable bonds is 2. The Morgan fingerprint density at radius 2 is 2.21 bits per heavy atom. The van der Waals surface area contributed by atoms with Gasteiger partial charge in [0.25, 0.3) is 5.82 Å². The molecule has 1 saturated heterocycles. The third-order valence-corrected chi connectivity index (χ3v) is 3.56. The van der Waals surface area contributed by atoms with E-state index in [1.165, 1.54) is 30.8 Å². The number of carbonyl (C=O) groups is 1. The van der Waals surface area contributed by atoms with Gasteiger partial charge in [-0.3, -0.25) is 5.32 Å². The van der Waals surface area contributed by atoms with E-state index in [0.29, 0.717) is 6.17 Å². The topological polar surface area (TPSA) is 61.0 Å². The van der Waals surface area contributed by atoms with Crippen LogP contribution < -0.4 is 15.0 Å². The fourth-order valence-electron chi connectivity index (χ4n) is 2.44. The monoisotopic (exact) mass is 267 g/mol. The van der Waals surface area contributed by atoms with Gasteiger partial charge < -0.3 is 9.90 Å². The Balaban J connectivity index is 0.000000399. The SMILES string of the molecule is CC(=O)[O-].CCc1cn(C2CCCCN2)c(C)[n+]1C. The zero-order chi connectivity index (χ0) is 14.4. The standard InChI is InChI=1S/C12H22N3.C2H4O2/c1-4-11-9-15(10(2)14(11)3)12-7-5-6-8-13-12;1-2(3)4/h9,12-13H,4-8H2,1-3H3;1H3,(H,3,4)/q+1;/p-1. The Morgan fingerprint density at radius 3 is 2.63 bits per heavy atom. The maximum atomic E-state index is 8.89. The van der Waals surface area contributed by atoms with Crippen LogP contribution in [0.3, 0.4) is 0 Å². The van der Waals surface area contributed by atoms with Crippen LogP contribution in [0.1, 0.15) is 50.8 Å². The minimum absolute atomic E-state index is 0.519. The summed E-state index contributed by atoms with van der Waals surface area (Å²) < 4.78 is 4.70. The maximum Gasteiger partial charge on any atom is 0.254 e. The number of aryl methyl sites for hydroxylation is 1. The molecule has 1 aromatic heterocycles. The molecule has 0 aliphatic carbocycles. The molecule has 1 aromatic rings. The zero-order valence-electron chi connectivity index (χ0n) is 12.4. The van der Waals surface area contributed by atoms with E-state index < -0.39 is 5.97 Å². The number of carboxylic acids is 1. The number of nitrogens with zero attached hydrogens (tertiary/aromatic N) is 2. The molecule has 1 fully saturated rings. The summed E-state index contributed by atoms with van der Waals surface area (Å²) in [5, 5.41) is 12.5. The van der Waals surface area contributed by atoms with E-state index >= 15 is 0 Å². The minimum Gasteiger partial charge on any atom is -0.550 e. The molecule has 0 amide bonds. The summed E-state index contributed by atoms with van der Waals surface area (Å²) in [7, 11) is 2.16. The molecular formula is C14H25N3O2. The third-order valence-electron chi connectivity index (χ3n) is 3.56. The van der Waals surface area contributed by atoms with Gasteiger partial charge in [0.05, 0.1) is 7.05 Å². The van der Waals surface area contributed by atoms with Gasteiger partial charge in [-0.05, 0) is 26.3 Å². The van der Waals surface area contributed by atoms with Gasteiger partial charge in [-0.1, -0.05) is 6.92 Å². The van der Waals surface area contributed by atoms with Crippen molar-refractivity contribution in [1.82, 2.24) is 9.88 Å². The number of hydrogen-bond acceptors (Lipinski definition) is 3. The average molecular weight is 267 g/mol. The molecule has 0 bridgehead atoms. The molecule has 19 heavy (non-hydrogen) atoms. The first kappa shape index (κ1) is 15.7. The highest BCUT2D eigenvalue weighted by molar-refractivity contribution is 5.60. The van der Waals surface area contributed by atoms with Crippen LogP contribution in [0.5, 0.6) is 0 Å². The van der Waals surface area contributed by atoms with Gasteiger partial charge in [-0.2, -0.15) is 0 Å². The van der Waals surface area contributed by atoms with Crippen LogP contribution in [0, 0.1) is 6.92 Å². The van der Waals surface area contributed by atoms with Crippen LogP contribution in [-0.2, 0) is 18.3 Å². The predicted molar refractivity (Wildman–Crippen MR) is 71.3 cm³/mol. The number of nitrogens with one attached hydrogen (secondary N) is 1. The van der Waals surface area contributed by atoms with Gasteiger partial charge in [0.1, 0.15) is 11.9 Å². The number of aliphatic carboxylic acids is 1. The highest BCUT2D eigenvalue weighted by Gasteiger charge is 2.24. The van der Waals surface area contributed by atoms with E-state index in [-0.39, 0.29) is 0 Å². The Kier molecular flexibility index (Phi) is 6.02. The van der Waals surface area contributed by atoms with Crippen molar-refractivity contribution in [3.05, 3.63) is 17.7 Å². The molecule has 5 heteroatoms. The highest BCUT2D eigenvalue weighted by atomic mass is 16.4. The summed E-state index contributed by atoms with van der Waals surface area (Å²) in [6.45, 7) is 6.55. The normalized spacial score (nSPS) is 18.6. The Morgan fingerprint density at radius 1 is 1.58 bits per heavy atom. The summed E-state index contributed by atoms with van der Waals surface area (Å²) in [6, 6.07) is 0. The number of aromatic nitrogens is 2. The first-order chi connectivity index (χ1) is 8.97. The molecule has 1 N–H and O–H groups in total. The molecule has 1 aliphatic heterocycles. The second-order valence-corrected chi connectivity index (χ2v) is 4.94. The van der Waals surface area contributed by atoms with Gasteiger partial charge in [-0.25, -0.2) is 9.13 Å². The minimum atomic E-state index is -1.08. The molecule has 0 aromatic carbocycles. The van der Waals surface area contributed by atoms with Gasteiger partial charge in [0.2, 0.25) is 0 Å². The van der Waals surface area contributed by atoms with Crippen molar-refractivity contribution < 1.29 is 14.5 Å². The summed E-state index contributed by atoms with van der Waals surface area (Å²) in [6.07, 6.45) is 7.86. The molecule has 1 unspecified atom stereocenters. The van der Waals surface area contributed by atoms with Crippen LogP contribution in [0.25, 0.3) is 0 Å². The van der Waals surface area contributed by atoms with E-state index in [1.807, 2.05) is 0 Å². The van der Waals surface area contributed by atoms with Crippen molar-refractivity contribution in [3.63, 3.8) is 0 Å².